The van der Waals surface area contributed by atoms with Crippen LogP contribution in [0, 0.1) is 0 Å². The maximum Gasteiger partial charge on any atom is 0.145 e. The van der Waals surface area contributed by atoms with Gasteiger partial charge in [0.1, 0.15) is 11.5 Å². The van der Waals surface area contributed by atoms with Crippen LogP contribution in [0.15, 0.2) is 42.6 Å². The molecule has 0 amide bonds. The van der Waals surface area contributed by atoms with Crippen LogP contribution in [0.1, 0.15) is 24.3 Å². The average molecular weight is 259 g/mol. The highest BCUT2D eigenvalue weighted by molar-refractivity contribution is 5.33. The van der Waals surface area contributed by atoms with Crippen LogP contribution >= 0.6 is 0 Å². The molecule has 1 aromatic heterocycles. The van der Waals surface area contributed by atoms with E-state index in [-0.39, 0.29) is 0 Å². The van der Waals surface area contributed by atoms with Gasteiger partial charge in [0, 0.05) is 7.11 Å². The van der Waals surface area contributed by atoms with Gasteiger partial charge in [-0.15, -0.1) is 0 Å². The SMILES string of the molecule is COCc1cccc(Oc2ccc(C(C)O)nc2)c1. The lowest BCUT2D eigenvalue weighted by Crippen LogP contribution is -1.95. The van der Waals surface area contributed by atoms with Crippen molar-refractivity contribution in [1.82, 2.24) is 4.98 Å². The van der Waals surface area contributed by atoms with Crippen LogP contribution in [0.2, 0.25) is 0 Å². The van der Waals surface area contributed by atoms with Crippen molar-refractivity contribution in [3.8, 4) is 11.5 Å². The van der Waals surface area contributed by atoms with Gasteiger partial charge in [0.25, 0.3) is 0 Å². The summed E-state index contributed by atoms with van der Waals surface area (Å²) in [6.07, 6.45) is 1.03. The van der Waals surface area contributed by atoms with Gasteiger partial charge in [-0.2, -0.15) is 0 Å². The van der Waals surface area contributed by atoms with Crippen molar-refractivity contribution in [2.45, 2.75) is 19.6 Å². The van der Waals surface area contributed by atoms with E-state index in [4.69, 9.17) is 9.47 Å². The number of aliphatic hydroxyl groups is 1. The Morgan fingerprint density at radius 1 is 1.21 bits per heavy atom. The zero-order chi connectivity index (χ0) is 13.7. The summed E-state index contributed by atoms with van der Waals surface area (Å²) in [5, 5.41) is 9.38. The summed E-state index contributed by atoms with van der Waals surface area (Å²) in [5.41, 5.74) is 1.68. The van der Waals surface area contributed by atoms with Gasteiger partial charge in [-0.05, 0) is 36.8 Å². The van der Waals surface area contributed by atoms with Crippen molar-refractivity contribution >= 4 is 0 Å². The summed E-state index contributed by atoms with van der Waals surface area (Å²) >= 11 is 0. The second kappa shape index (κ2) is 6.31. The Bertz CT molecular complexity index is 523. The number of hydrogen-bond donors (Lipinski definition) is 1. The topological polar surface area (TPSA) is 51.6 Å². The lowest BCUT2D eigenvalue weighted by Gasteiger charge is -2.08. The molecule has 1 unspecified atom stereocenters. The first-order valence-corrected chi connectivity index (χ1v) is 6.09. The van der Waals surface area contributed by atoms with Crippen LogP contribution in [0.3, 0.4) is 0 Å². The largest absolute Gasteiger partial charge is 0.456 e. The van der Waals surface area contributed by atoms with Gasteiger partial charge in [-0.1, -0.05) is 12.1 Å². The van der Waals surface area contributed by atoms with Crippen LogP contribution in [-0.4, -0.2) is 17.2 Å². The van der Waals surface area contributed by atoms with Gasteiger partial charge >= 0.3 is 0 Å². The highest BCUT2D eigenvalue weighted by Gasteiger charge is 2.03. The third-order valence-corrected chi connectivity index (χ3v) is 2.63. The molecule has 4 nitrogen and oxygen atoms in total. The zero-order valence-electron chi connectivity index (χ0n) is 11.0. The molecule has 0 spiro atoms. The summed E-state index contributed by atoms with van der Waals surface area (Å²) in [5.74, 6) is 1.38. The number of methoxy groups -OCH3 is 1. The minimum Gasteiger partial charge on any atom is -0.456 e. The first kappa shape index (κ1) is 13.5. The number of benzene rings is 1. The number of hydrogen-bond acceptors (Lipinski definition) is 4. The number of nitrogens with zero attached hydrogens (tertiary/aromatic N) is 1. The molecule has 0 aliphatic carbocycles. The molecular weight excluding hydrogens is 242 g/mol. The van der Waals surface area contributed by atoms with Crippen LogP contribution in [0.25, 0.3) is 0 Å². The third-order valence-electron chi connectivity index (χ3n) is 2.63. The maximum absolute atomic E-state index is 9.38. The van der Waals surface area contributed by atoms with E-state index < -0.39 is 6.10 Å². The Labute approximate surface area is 112 Å². The van der Waals surface area contributed by atoms with E-state index in [1.54, 1.807) is 32.4 Å². The predicted molar refractivity (Wildman–Crippen MR) is 72.1 cm³/mol. The number of pyridine rings is 1. The molecule has 1 N–H and O–H groups in total. The summed E-state index contributed by atoms with van der Waals surface area (Å²) < 4.78 is 10.8. The maximum atomic E-state index is 9.38. The van der Waals surface area contributed by atoms with E-state index in [2.05, 4.69) is 4.98 Å². The minimum atomic E-state index is -0.570. The van der Waals surface area contributed by atoms with Crippen molar-refractivity contribution in [1.29, 1.82) is 0 Å². The van der Waals surface area contributed by atoms with E-state index in [1.165, 1.54) is 0 Å². The monoisotopic (exact) mass is 259 g/mol. The van der Waals surface area contributed by atoms with Crippen molar-refractivity contribution in [3.05, 3.63) is 53.9 Å². The lowest BCUT2D eigenvalue weighted by atomic mass is 10.2. The molecule has 0 saturated heterocycles. The van der Waals surface area contributed by atoms with Gasteiger partial charge in [-0.25, -0.2) is 0 Å². The predicted octanol–water partition coefficient (Wildman–Crippen LogP) is 3.07. The van der Waals surface area contributed by atoms with Gasteiger partial charge in [0.2, 0.25) is 0 Å². The fourth-order valence-electron chi connectivity index (χ4n) is 1.70. The van der Waals surface area contributed by atoms with Gasteiger partial charge < -0.3 is 14.6 Å². The smallest absolute Gasteiger partial charge is 0.145 e. The Hall–Kier alpha value is -1.91. The molecule has 0 aliphatic heterocycles. The van der Waals surface area contributed by atoms with E-state index >= 15 is 0 Å². The molecular formula is C15H17NO3. The number of aromatic nitrogens is 1. The highest BCUT2D eigenvalue weighted by atomic mass is 16.5. The summed E-state index contributed by atoms with van der Waals surface area (Å²) in [6.45, 7) is 2.23. The Morgan fingerprint density at radius 2 is 2.05 bits per heavy atom. The Morgan fingerprint density at radius 3 is 2.68 bits per heavy atom. The molecule has 1 atom stereocenters. The van der Waals surface area contributed by atoms with E-state index in [0.29, 0.717) is 18.1 Å². The molecule has 2 rings (SSSR count). The molecule has 4 heteroatoms. The first-order valence-electron chi connectivity index (χ1n) is 6.09. The van der Waals surface area contributed by atoms with E-state index in [0.717, 1.165) is 11.3 Å². The fourth-order valence-corrected chi connectivity index (χ4v) is 1.70. The van der Waals surface area contributed by atoms with Crippen molar-refractivity contribution < 1.29 is 14.6 Å². The summed E-state index contributed by atoms with van der Waals surface area (Å²) in [4.78, 5) is 4.13. The van der Waals surface area contributed by atoms with E-state index in [1.807, 2.05) is 24.3 Å². The van der Waals surface area contributed by atoms with Crippen LogP contribution in [-0.2, 0) is 11.3 Å². The molecule has 1 heterocycles. The van der Waals surface area contributed by atoms with Gasteiger partial charge in [-0.3, -0.25) is 4.98 Å². The molecule has 2 aromatic rings. The summed E-state index contributed by atoms with van der Waals surface area (Å²) in [6, 6.07) is 11.2. The van der Waals surface area contributed by atoms with Crippen LogP contribution in [0.5, 0.6) is 11.5 Å². The molecule has 0 aliphatic rings. The number of aliphatic hydroxyl groups excluding tert-OH is 1. The molecule has 19 heavy (non-hydrogen) atoms. The fraction of sp³-hybridized carbons (Fsp3) is 0.267. The third kappa shape index (κ3) is 3.77. The molecule has 100 valence electrons. The molecule has 0 saturated carbocycles. The van der Waals surface area contributed by atoms with Crippen molar-refractivity contribution in [3.63, 3.8) is 0 Å². The molecule has 0 bridgehead atoms. The lowest BCUT2D eigenvalue weighted by molar-refractivity contribution is 0.184. The van der Waals surface area contributed by atoms with Crippen molar-refractivity contribution in [2.24, 2.45) is 0 Å². The molecule has 0 radical (unpaired) electrons. The van der Waals surface area contributed by atoms with Gasteiger partial charge in [0.15, 0.2) is 0 Å². The van der Waals surface area contributed by atoms with E-state index in [9.17, 15) is 5.11 Å². The van der Waals surface area contributed by atoms with Crippen LogP contribution < -0.4 is 4.74 Å². The first-order chi connectivity index (χ1) is 9.19. The quantitative estimate of drug-likeness (QED) is 0.896. The van der Waals surface area contributed by atoms with Crippen molar-refractivity contribution in [2.75, 3.05) is 7.11 Å². The van der Waals surface area contributed by atoms with Gasteiger partial charge in [0.05, 0.1) is 24.6 Å². The second-order valence-corrected chi connectivity index (χ2v) is 4.28. The Balaban J connectivity index is 2.10. The Kier molecular flexibility index (Phi) is 4.49. The van der Waals surface area contributed by atoms with Crippen LogP contribution in [0.4, 0.5) is 0 Å². The average Bonchev–Trinajstić information content (AvgIpc) is 2.40. The molecule has 1 aromatic carbocycles. The summed E-state index contributed by atoms with van der Waals surface area (Å²) in [7, 11) is 1.66. The number of rotatable bonds is 5. The normalized spacial score (nSPS) is 12.2. The highest BCUT2D eigenvalue weighted by Crippen LogP contribution is 2.22. The number of ether oxygens (including phenoxy) is 2. The zero-order valence-corrected chi connectivity index (χ0v) is 11.0. The second-order valence-electron chi connectivity index (χ2n) is 4.28. The standard InChI is InChI=1S/C15H17NO3/c1-11(17)15-7-6-14(9-16-15)19-13-5-3-4-12(8-13)10-18-2/h3-9,11,17H,10H2,1-2H3. The molecule has 0 fully saturated rings. The minimum absolute atomic E-state index is 0.552.